The minimum absolute atomic E-state index is 0.663. The number of thiophene rings is 1. The molecule has 0 atom stereocenters. The first-order valence-corrected chi connectivity index (χ1v) is 6.81. The Bertz CT molecular complexity index is 404. The third-order valence-corrected chi connectivity index (χ3v) is 4.50. The fraction of sp³-hybridized carbons (Fsp3) is 0.545. The molecule has 0 N–H and O–H groups in total. The van der Waals surface area contributed by atoms with Crippen LogP contribution in [0, 0.1) is 0 Å². The van der Waals surface area contributed by atoms with Crippen molar-refractivity contribution in [3.05, 3.63) is 21.9 Å². The van der Waals surface area contributed by atoms with E-state index in [1.54, 1.807) is 4.88 Å². The van der Waals surface area contributed by atoms with Crippen LogP contribution in [0.25, 0.3) is 0 Å². The van der Waals surface area contributed by atoms with Crippen LogP contribution < -0.4 is 0 Å². The molecule has 5 heteroatoms. The van der Waals surface area contributed by atoms with Crippen LogP contribution in [0.3, 0.4) is 0 Å². The van der Waals surface area contributed by atoms with Gasteiger partial charge in [-0.05, 0) is 35.6 Å². The van der Waals surface area contributed by atoms with E-state index in [-0.39, 0.29) is 0 Å². The molecule has 0 saturated carbocycles. The van der Waals surface area contributed by atoms with Gasteiger partial charge in [0.1, 0.15) is 6.61 Å². The molecular formula is C11H14N2OS2. The smallest absolute Gasteiger partial charge is 0.260 e. The summed E-state index contributed by atoms with van der Waals surface area (Å²) in [6, 6.07) is 2.24. The highest BCUT2D eigenvalue weighted by atomic mass is 32.1. The predicted molar refractivity (Wildman–Crippen MR) is 68.6 cm³/mol. The Morgan fingerprint density at radius 1 is 1.44 bits per heavy atom. The zero-order valence-corrected chi connectivity index (χ0v) is 10.6. The van der Waals surface area contributed by atoms with Gasteiger partial charge in [-0.2, -0.15) is 0 Å². The van der Waals surface area contributed by atoms with Crippen molar-refractivity contribution >= 4 is 28.7 Å². The molecule has 0 unspecified atom stereocenters. The lowest BCUT2D eigenvalue weighted by Gasteiger charge is -2.30. The summed E-state index contributed by atoms with van der Waals surface area (Å²) in [6.45, 7) is 4.78. The molecule has 0 spiro atoms. The van der Waals surface area contributed by atoms with E-state index in [9.17, 15) is 0 Å². The van der Waals surface area contributed by atoms with E-state index < -0.39 is 0 Å². The Hall–Kier alpha value is -0.650. The van der Waals surface area contributed by atoms with Gasteiger partial charge in [-0.3, -0.25) is 4.90 Å². The lowest BCUT2D eigenvalue weighted by molar-refractivity contribution is 0.182. The number of ether oxygens (including phenoxy) is 1. The second-order valence-electron chi connectivity index (χ2n) is 4.19. The summed E-state index contributed by atoms with van der Waals surface area (Å²) in [4.78, 5) is 6.14. The minimum Gasteiger partial charge on any atom is -0.469 e. The van der Waals surface area contributed by atoms with Gasteiger partial charge in [0, 0.05) is 18.0 Å². The van der Waals surface area contributed by atoms with Crippen LogP contribution in [-0.2, 0) is 17.7 Å². The van der Waals surface area contributed by atoms with E-state index in [1.807, 2.05) is 11.3 Å². The molecule has 2 aliphatic heterocycles. The molecule has 0 aliphatic carbocycles. The fourth-order valence-corrected chi connectivity index (χ4v) is 3.35. The quantitative estimate of drug-likeness (QED) is 0.746. The maximum atomic E-state index is 5.29. The molecule has 1 fully saturated rings. The highest BCUT2D eigenvalue weighted by Gasteiger charge is 2.23. The van der Waals surface area contributed by atoms with Gasteiger partial charge in [-0.25, -0.2) is 0 Å². The van der Waals surface area contributed by atoms with Crippen LogP contribution in [0.15, 0.2) is 11.4 Å². The van der Waals surface area contributed by atoms with E-state index in [2.05, 4.69) is 21.2 Å². The van der Waals surface area contributed by atoms with E-state index in [4.69, 9.17) is 17.0 Å². The largest absolute Gasteiger partial charge is 0.469 e. The van der Waals surface area contributed by atoms with Gasteiger partial charge in [0.25, 0.3) is 5.17 Å². The Morgan fingerprint density at radius 3 is 3.19 bits per heavy atom. The van der Waals surface area contributed by atoms with E-state index in [0.717, 1.165) is 32.9 Å². The van der Waals surface area contributed by atoms with Crippen molar-refractivity contribution in [3.8, 4) is 0 Å². The summed E-state index contributed by atoms with van der Waals surface area (Å²) in [5, 5.41) is 2.86. The molecule has 0 amide bonds. The number of fused-ring (bicyclic) bond motifs is 1. The molecule has 1 saturated heterocycles. The highest BCUT2D eigenvalue weighted by molar-refractivity contribution is 7.80. The van der Waals surface area contributed by atoms with Crippen LogP contribution in [0.1, 0.15) is 10.4 Å². The molecule has 0 radical (unpaired) electrons. The van der Waals surface area contributed by atoms with E-state index >= 15 is 0 Å². The first kappa shape index (κ1) is 10.5. The van der Waals surface area contributed by atoms with Gasteiger partial charge >= 0.3 is 0 Å². The summed E-state index contributed by atoms with van der Waals surface area (Å²) in [5.74, 6) is 0. The molecule has 0 aromatic carbocycles. The van der Waals surface area contributed by atoms with Gasteiger partial charge in [0.05, 0.1) is 13.2 Å². The second kappa shape index (κ2) is 4.31. The van der Waals surface area contributed by atoms with E-state index in [0.29, 0.717) is 5.17 Å². The number of rotatable bonds is 2. The van der Waals surface area contributed by atoms with Crippen molar-refractivity contribution < 1.29 is 4.74 Å². The van der Waals surface area contributed by atoms with Gasteiger partial charge in [0.15, 0.2) is 0 Å². The molecular weight excluding hydrogens is 240 g/mol. The predicted octanol–water partition coefficient (Wildman–Crippen LogP) is 1.68. The molecule has 16 heavy (non-hydrogen) atoms. The normalized spacial score (nSPS) is 21.0. The molecule has 0 bridgehead atoms. The lowest BCUT2D eigenvalue weighted by atomic mass is 10.1. The van der Waals surface area contributed by atoms with Crippen LogP contribution >= 0.6 is 23.6 Å². The summed E-state index contributed by atoms with van der Waals surface area (Å²) in [5.41, 5.74) is 1.49. The van der Waals surface area contributed by atoms with Crippen molar-refractivity contribution in [2.24, 2.45) is 0 Å². The Morgan fingerprint density at radius 2 is 2.38 bits per heavy atom. The first-order chi connectivity index (χ1) is 7.83. The van der Waals surface area contributed by atoms with Crippen molar-refractivity contribution in [1.82, 2.24) is 9.80 Å². The third-order valence-electron chi connectivity index (χ3n) is 3.10. The van der Waals surface area contributed by atoms with Crippen molar-refractivity contribution in [3.63, 3.8) is 0 Å². The Labute approximate surface area is 105 Å². The number of nitrogens with zero attached hydrogens (tertiary/aromatic N) is 2. The standard InChI is InChI=1S/C11H14N2OS2/c15-11-13(4-5-14-11)8-12-3-1-10-9(7-12)2-6-16-10/h2,6H,1,3-5,7-8H2. The van der Waals surface area contributed by atoms with Gasteiger partial charge < -0.3 is 9.64 Å². The summed E-state index contributed by atoms with van der Waals surface area (Å²) < 4.78 is 5.29. The molecule has 1 aromatic rings. The van der Waals surface area contributed by atoms with Crippen LogP contribution in [0.4, 0.5) is 0 Å². The lowest BCUT2D eigenvalue weighted by Crippen LogP contribution is -2.40. The van der Waals surface area contributed by atoms with Crippen molar-refractivity contribution in [2.75, 3.05) is 26.4 Å². The van der Waals surface area contributed by atoms with Gasteiger partial charge in [0.2, 0.25) is 0 Å². The minimum atomic E-state index is 0.663. The average molecular weight is 254 g/mol. The van der Waals surface area contributed by atoms with Crippen LogP contribution in [0.2, 0.25) is 0 Å². The highest BCUT2D eigenvalue weighted by Crippen LogP contribution is 2.24. The zero-order chi connectivity index (χ0) is 11.0. The SMILES string of the molecule is S=C1OCCN1CN1CCc2sccc2C1. The Kier molecular flexibility index (Phi) is 2.83. The number of hydrogen-bond donors (Lipinski definition) is 0. The number of thiocarbonyl (C=S) groups is 1. The zero-order valence-electron chi connectivity index (χ0n) is 9.02. The first-order valence-electron chi connectivity index (χ1n) is 5.52. The number of hydrogen-bond acceptors (Lipinski definition) is 4. The van der Waals surface area contributed by atoms with E-state index in [1.165, 1.54) is 12.0 Å². The average Bonchev–Trinajstić information content (AvgIpc) is 2.88. The topological polar surface area (TPSA) is 15.7 Å². The summed E-state index contributed by atoms with van der Waals surface area (Å²) in [7, 11) is 0. The summed E-state index contributed by atoms with van der Waals surface area (Å²) >= 11 is 7.03. The maximum Gasteiger partial charge on any atom is 0.260 e. The van der Waals surface area contributed by atoms with Crippen LogP contribution in [-0.4, -0.2) is 41.3 Å². The molecule has 1 aromatic heterocycles. The monoisotopic (exact) mass is 254 g/mol. The molecule has 86 valence electrons. The van der Waals surface area contributed by atoms with Gasteiger partial charge in [-0.15, -0.1) is 11.3 Å². The van der Waals surface area contributed by atoms with Crippen LogP contribution in [0.5, 0.6) is 0 Å². The molecule has 2 aliphatic rings. The molecule has 3 nitrogen and oxygen atoms in total. The Balaban J connectivity index is 1.63. The summed E-state index contributed by atoms with van der Waals surface area (Å²) in [6.07, 6.45) is 1.18. The molecule has 3 heterocycles. The van der Waals surface area contributed by atoms with Crippen molar-refractivity contribution in [2.45, 2.75) is 13.0 Å². The molecule has 3 rings (SSSR count). The maximum absolute atomic E-state index is 5.29. The fourth-order valence-electron chi connectivity index (χ4n) is 2.22. The third kappa shape index (κ3) is 1.95. The van der Waals surface area contributed by atoms with Crippen molar-refractivity contribution in [1.29, 1.82) is 0 Å². The second-order valence-corrected chi connectivity index (χ2v) is 5.54. The van der Waals surface area contributed by atoms with Gasteiger partial charge in [-0.1, -0.05) is 0 Å².